The third kappa shape index (κ3) is 5.01. The summed E-state index contributed by atoms with van der Waals surface area (Å²) in [5.74, 6) is 0.342. The van der Waals surface area contributed by atoms with Crippen molar-refractivity contribution in [3.05, 3.63) is 66.7 Å². The Bertz CT molecular complexity index is 697. The van der Waals surface area contributed by atoms with Crippen molar-refractivity contribution in [1.82, 2.24) is 0 Å². The van der Waals surface area contributed by atoms with Gasteiger partial charge < -0.3 is 9.47 Å². The molecule has 0 bridgehead atoms. The summed E-state index contributed by atoms with van der Waals surface area (Å²) in [5, 5.41) is 8.80. The number of benzene rings is 2. The van der Waals surface area contributed by atoms with Crippen LogP contribution in [-0.4, -0.2) is 19.2 Å². The monoisotopic (exact) mass is 307 g/mol. The van der Waals surface area contributed by atoms with Gasteiger partial charge in [-0.2, -0.15) is 5.26 Å². The van der Waals surface area contributed by atoms with Gasteiger partial charge >= 0.3 is 5.97 Å². The first-order chi connectivity index (χ1) is 11.2. The average Bonchev–Trinajstić information content (AvgIpc) is 2.62. The molecule has 2 aromatic carbocycles. The van der Waals surface area contributed by atoms with Crippen LogP contribution in [0.25, 0.3) is 11.1 Å². The molecule has 0 heterocycles. The number of esters is 1. The van der Waals surface area contributed by atoms with Gasteiger partial charge in [-0.05, 0) is 35.4 Å². The average molecular weight is 307 g/mol. The van der Waals surface area contributed by atoms with Gasteiger partial charge in [0.05, 0.1) is 24.8 Å². The third-order valence-corrected chi connectivity index (χ3v) is 3.17. The summed E-state index contributed by atoms with van der Waals surface area (Å²) in [6.45, 7) is 4.11. The quantitative estimate of drug-likeness (QED) is 0.444. The van der Waals surface area contributed by atoms with Gasteiger partial charge in [-0.15, -0.1) is 0 Å². The van der Waals surface area contributed by atoms with E-state index >= 15 is 0 Å². The molecule has 0 N–H and O–H groups in total. The van der Waals surface area contributed by atoms with Crippen LogP contribution in [0, 0.1) is 11.3 Å². The second-order valence-electron chi connectivity index (χ2n) is 4.79. The molecule has 0 radical (unpaired) electrons. The van der Waals surface area contributed by atoms with E-state index in [1.54, 1.807) is 12.1 Å². The van der Waals surface area contributed by atoms with Crippen LogP contribution in [-0.2, 0) is 9.53 Å². The Morgan fingerprint density at radius 1 is 1.04 bits per heavy atom. The van der Waals surface area contributed by atoms with Crippen LogP contribution >= 0.6 is 0 Å². The Morgan fingerprint density at radius 3 is 2.22 bits per heavy atom. The molecule has 0 saturated carbocycles. The minimum absolute atomic E-state index is 0.314. The lowest BCUT2D eigenvalue weighted by atomic mass is 10.0. The van der Waals surface area contributed by atoms with E-state index < -0.39 is 5.97 Å². The Balaban J connectivity index is 1.83. The first kappa shape index (κ1) is 16.3. The number of rotatable bonds is 7. The largest absolute Gasteiger partial charge is 0.493 e. The highest BCUT2D eigenvalue weighted by Crippen LogP contribution is 2.22. The molecule has 0 saturated heterocycles. The molecule has 23 heavy (non-hydrogen) atoms. The van der Waals surface area contributed by atoms with Crippen LogP contribution in [0.15, 0.2) is 61.2 Å². The first-order valence-electron chi connectivity index (χ1n) is 7.25. The summed E-state index contributed by atoms with van der Waals surface area (Å²) in [4.78, 5) is 10.9. The summed E-state index contributed by atoms with van der Waals surface area (Å²) in [6.07, 6.45) is 1.76. The number of ether oxygens (including phenoxy) is 2. The van der Waals surface area contributed by atoms with Gasteiger partial charge in [0.15, 0.2) is 0 Å². The number of carbonyl (C=O) groups excluding carboxylic acids is 1. The molecule has 0 unspecified atom stereocenters. The van der Waals surface area contributed by atoms with E-state index in [0.29, 0.717) is 25.2 Å². The van der Waals surface area contributed by atoms with Crippen molar-refractivity contribution < 1.29 is 14.3 Å². The van der Waals surface area contributed by atoms with Crippen molar-refractivity contribution >= 4 is 5.97 Å². The molecule has 0 fully saturated rings. The SMILES string of the molecule is C=CC(=O)OCCCOc1ccc(-c2ccc(C#N)cc2)cc1. The molecule has 2 aromatic rings. The fourth-order valence-corrected chi connectivity index (χ4v) is 1.96. The van der Waals surface area contributed by atoms with E-state index in [1.807, 2.05) is 36.4 Å². The van der Waals surface area contributed by atoms with E-state index in [9.17, 15) is 4.79 Å². The second-order valence-corrected chi connectivity index (χ2v) is 4.79. The molecule has 116 valence electrons. The Labute approximate surface area is 135 Å². The van der Waals surface area contributed by atoms with Crippen molar-refractivity contribution in [2.75, 3.05) is 13.2 Å². The number of nitriles is 1. The Hall–Kier alpha value is -3.06. The van der Waals surface area contributed by atoms with Gasteiger partial charge in [-0.1, -0.05) is 30.8 Å². The maximum atomic E-state index is 10.9. The second kappa shape index (κ2) is 8.40. The topological polar surface area (TPSA) is 59.3 Å². The molecule has 2 rings (SSSR count). The number of carbonyl (C=O) groups is 1. The summed E-state index contributed by atoms with van der Waals surface area (Å²) in [7, 11) is 0. The zero-order valence-electron chi connectivity index (χ0n) is 12.7. The van der Waals surface area contributed by atoms with Gasteiger partial charge in [0.2, 0.25) is 0 Å². The van der Waals surface area contributed by atoms with Gasteiger partial charge in [0.1, 0.15) is 5.75 Å². The van der Waals surface area contributed by atoms with Crippen LogP contribution in [0.2, 0.25) is 0 Å². The standard InChI is InChI=1S/C19H17NO3/c1-2-19(21)23-13-3-12-22-18-10-8-17(9-11-18)16-6-4-15(14-20)5-7-16/h2,4-11H,1,3,12-13H2. The molecule has 4 heteroatoms. The minimum Gasteiger partial charge on any atom is -0.493 e. The van der Waals surface area contributed by atoms with E-state index in [0.717, 1.165) is 23.0 Å². The van der Waals surface area contributed by atoms with E-state index in [-0.39, 0.29) is 0 Å². The molecule has 0 aliphatic rings. The summed E-state index contributed by atoms with van der Waals surface area (Å²) in [6, 6.07) is 17.2. The minimum atomic E-state index is -0.420. The van der Waals surface area contributed by atoms with Crippen LogP contribution in [0.3, 0.4) is 0 Å². The van der Waals surface area contributed by atoms with Gasteiger partial charge in [-0.25, -0.2) is 4.79 Å². The van der Waals surface area contributed by atoms with E-state index in [1.165, 1.54) is 0 Å². The smallest absolute Gasteiger partial charge is 0.330 e. The lowest BCUT2D eigenvalue weighted by Crippen LogP contribution is -2.06. The fourth-order valence-electron chi connectivity index (χ4n) is 1.96. The highest BCUT2D eigenvalue weighted by Gasteiger charge is 2.00. The molecular weight excluding hydrogens is 290 g/mol. The maximum absolute atomic E-state index is 10.9. The molecule has 0 aliphatic carbocycles. The van der Waals surface area contributed by atoms with Crippen LogP contribution in [0.4, 0.5) is 0 Å². The Morgan fingerprint density at radius 2 is 1.65 bits per heavy atom. The molecule has 0 amide bonds. The van der Waals surface area contributed by atoms with Crippen molar-refractivity contribution in [1.29, 1.82) is 5.26 Å². The molecular formula is C19H17NO3. The number of hydrogen-bond acceptors (Lipinski definition) is 4. The molecule has 0 aromatic heterocycles. The molecule has 0 aliphatic heterocycles. The van der Waals surface area contributed by atoms with Crippen LogP contribution in [0.1, 0.15) is 12.0 Å². The van der Waals surface area contributed by atoms with Crippen molar-refractivity contribution in [3.8, 4) is 22.9 Å². The fraction of sp³-hybridized carbons (Fsp3) is 0.158. The lowest BCUT2D eigenvalue weighted by Gasteiger charge is -2.08. The highest BCUT2D eigenvalue weighted by atomic mass is 16.5. The third-order valence-electron chi connectivity index (χ3n) is 3.17. The van der Waals surface area contributed by atoms with Crippen molar-refractivity contribution in [2.24, 2.45) is 0 Å². The maximum Gasteiger partial charge on any atom is 0.330 e. The van der Waals surface area contributed by atoms with Crippen molar-refractivity contribution in [2.45, 2.75) is 6.42 Å². The number of nitrogens with zero attached hydrogens (tertiary/aromatic N) is 1. The Kier molecular flexibility index (Phi) is 5.96. The normalized spacial score (nSPS) is 9.70. The molecule has 0 atom stereocenters. The summed E-state index contributed by atoms with van der Waals surface area (Å²) in [5.41, 5.74) is 2.75. The van der Waals surface area contributed by atoms with Crippen molar-refractivity contribution in [3.63, 3.8) is 0 Å². The summed E-state index contributed by atoms with van der Waals surface area (Å²) >= 11 is 0. The van der Waals surface area contributed by atoms with E-state index in [4.69, 9.17) is 14.7 Å². The zero-order valence-corrected chi connectivity index (χ0v) is 12.7. The first-order valence-corrected chi connectivity index (χ1v) is 7.25. The summed E-state index contributed by atoms with van der Waals surface area (Å²) < 4.78 is 10.5. The van der Waals surface area contributed by atoms with Gasteiger partial charge in [0, 0.05) is 12.5 Å². The lowest BCUT2D eigenvalue weighted by molar-refractivity contribution is -0.137. The van der Waals surface area contributed by atoms with E-state index in [2.05, 4.69) is 12.6 Å². The molecule has 4 nitrogen and oxygen atoms in total. The zero-order chi connectivity index (χ0) is 16.5. The predicted molar refractivity (Wildman–Crippen MR) is 87.9 cm³/mol. The highest BCUT2D eigenvalue weighted by molar-refractivity contribution is 5.81. The van der Waals surface area contributed by atoms with Crippen LogP contribution < -0.4 is 4.74 Å². The molecule has 0 spiro atoms. The van der Waals surface area contributed by atoms with Gasteiger partial charge in [0.25, 0.3) is 0 Å². The number of hydrogen-bond donors (Lipinski definition) is 0. The predicted octanol–water partition coefficient (Wildman–Crippen LogP) is 3.72. The van der Waals surface area contributed by atoms with Crippen LogP contribution in [0.5, 0.6) is 5.75 Å². The van der Waals surface area contributed by atoms with Gasteiger partial charge in [-0.3, -0.25) is 0 Å².